The van der Waals surface area contributed by atoms with E-state index in [0.717, 1.165) is 12.1 Å². The van der Waals surface area contributed by atoms with Gasteiger partial charge in [0, 0.05) is 13.6 Å². The second-order valence-corrected chi connectivity index (χ2v) is 5.10. The van der Waals surface area contributed by atoms with Gasteiger partial charge in [0.15, 0.2) is 0 Å². The molecule has 23 heavy (non-hydrogen) atoms. The molecular weight excluding hydrogens is 313 g/mol. The average molecular weight is 330 g/mol. The van der Waals surface area contributed by atoms with Crippen LogP contribution < -0.4 is 16.2 Å². The Morgan fingerprint density at radius 1 is 1.22 bits per heavy atom. The lowest BCUT2D eigenvalue weighted by Gasteiger charge is -2.23. The van der Waals surface area contributed by atoms with Gasteiger partial charge in [-0.05, 0) is 37.1 Å². The van der Waals surface area contributed by atoms with E-state index in [4.69, 9.17) is 0 Å². The van der Waals surface area contributed by atoms with Crippen LogP contribution in [0.4, 0.5) is 23.7 Å². The van der Waals surface area contributed by atoms with Crippen LogP contribution in [0.25, 0.3) is 0 Å². The number of nitrogens with one attached hydrogen (secondary N) is 3. The predicted octanol–water partition coefficient (Wildman–Crippen LogP) is 1.95. The van der Waals surface area contributed by atoms with Crippen LogP contribution in [0.2, 0.25) is 0 Å². The summed E-state index contributed by atoms with van der Waals surface area (Å²) < 4.78 is 37.4. The maximum Gasteiger partial charge on any atom is 0.416 e. The highest BCUT2D eigenvalue weighted by atomic mass is 19.4. The minimum absolute atomic E-state index is 0.316. The Morgan fingerprint density at radius 3 is 2.43 bits per heavy atom. The number of carbonyl (C=O) groups is 2. The van der Waals surface area contributed by atoms with Crippen LogP contribution in [0.15, 0.2) is 24.3 Å². The molecule has 0 saturated carbocycles. The first-order valence-electron chi connectivity index (χ1n) is 7.04. The Kier molecular flexibility index (Phi) is 4.97. The normalized spacial score (nSPS) is 17.7. The van der Waals surface area contributed by atoms with Crippen LogP contribution in [0, 0.1) is 0 Å². The summed E-state index contributed by atoms with van der Waals surface area (Å²) >= 11 is 0. The molecule has 1 aromatic rings. The number of nitrogens with zero attached hydrogens (tertiary/aromatic N) is 1. The van der Waals surface area contributed by atoms with Crippen molar-refractivity contribution in [1.29, 1.82) is 0 Å². The first-order valence-corrected chi connectivity index (χ1v) is 7.04. The van der Waals surface area contributed by atoms with E-state index in [9.17, 15) is 22.8 Å². The number of urea groups is 1. The van der Waals surface area contributed by atoms with Crippen LogP contribution in [0.5, 0.6) is 0 Å². The van der Waals surface area contributed by atoms with Gasteiger partial charge in [0.1, 0.15) is 6.04 Å². The number of halogens is 3. The summed E-state index contributed by atoms with van der Waals surface area (Å²) in [5.41, 5.74) is 4.52. The van der Waals surface area contributed by atoms with E-state index in [1.54, 1.807) is 0 Å². The van der Waals surface area contributed by atoms with Gasteiger partial charge in [0.2, 0.25) is 0 Å². The number of carbonyl (C=O) groups excluding carboxylic acids is 2. The Hall–Kier alpha value is -2.45. The molecule has 1 unspecified atom stereocenters. The zero-order valence-electron chi connectivity index (χ0n) is 12.4. The molecule has 0 spiro atoms. The third-order valence-electron chi connectivity index (χ3n) is 3.57. The smallest absolute Gasteiger partial charge is 0.341 e. The molecule has 1 aliphatic rings. The van der Waals surface area contributed by atoms with E-state index < -0.39 is 23.7 Å². The molecule has 6 nitrogen and oxygen atoms in total. The molecule has 0 aliphatic carbocycles. The highest BCUT2D eigenvalue weighted by molar-refractivity contribution is 5.88. The van der Waals surface area contributed by atoms with Crippen molar-refractivity contribution in [1.82, 2.24) is 15.6 Å². The van der Waals surface area contributed by atoms with Gasteiger partial charge in [0.25, 0.3) is 5.91 Å². The molecule has 0 aromatic heterocycles. The van der Waals surface area contributed by atoms with Gasteiger partial charge in [-0.15, -0.1) is 0 Å². The number of likely N-dealkylation sites (tertiary alicyclic amines) is 1. The molecule has 1 aliphatic heterocycles. The first-order chi connectivity index (χ1) is 10.8. The van der Waals surface area contributed by atoms with Gasteiger partial charge in [-0.25, -0.2) is 4.79 Å². The molecule has 2 rings (SSSR count). The lowest BCUT2D eigenvalue weighted by atomic mass is 10.2. The summed E-state index contributed by atoms with van der Waals surface area (Å²) in [6, 6.07) is 3.33. The van der Waals surface area contributed by atoms with Gasteiger partial charge in [0.05, 0.1) is 11.3 Å². The summed E-state index contributed by atoms with van der Waals surface area (Å²) in [7, 11) is 1.48. The van der Waals surface area contributed by atoms with Crippen molar-refractivity contribution < 1.29 is 22.8 Å². The van der Waals surface area contributed by atoms with E-state index in [2.05, 4.69) is 16.2 Å². The average Bonchev–Trinajstić information content (AvgIpc) is 3.01. The van der Waals surface area contributed by atoms with Gasteiger partial charge < -0.3 is 10.2 Å². The molecule has 3 amide bonds. The van der Waals surface area contributed by atoms with Crippen molar-refractivity contribution in [2.45, 2.75) is 25.1 Å². The molecule has 0 bridgehead atoms. The molecule has 0 radical (unpaired) electrons. The highest BCUT2D eigenvalue weighted by Crippen LogP contribution is 2.29. The van der Waals surface area contributed by atoms with Crippen LogP contribution in [0.1, 0.15) is 18.4 Å². The number of rotatable bonds is 3. The Morgan fingerprint density at radius 2 is 1.87 bits per heavy atom. The Bertz CT molecular complexity index is 574. The van der Waals surface area contributed by atoms with Gasteiger partial charge in [-0.1, -0.05) is 0 Å². The van der Waals surface area contributed by atoms with Crippen molar-refractivity contribution in [3.05, 3.63) is 29.8 Å². The van der Waals surface area contributed by atoms with Gasteiger partial charge in [-0.2, -0.15) is 13.2 Å². The summed E-state index contributed by atoms with van der Waals surface area (Å²) in [5.74, 6) is -0.411. The van der Waals surface area contributed by atoms with Crippen molar-refractivity contribution in [2.24, 2.45) is 0 Å². The van der Waals surface area contributed by atoms with E-state index in [1.165, 1.54) is 24.1 Å². The zero-order valence-corrected chi connectivity index (χ0v) is 12.4. The molecule has 9 heteroatoms. The second kappa shape index (κ2) is 6.76. The number of benzene rings is 1. The monoisotopic (exact) mass is 330 g/mol. The van der Waals surface area contributed by atoms with Crippen LogP contribution in [0.3, 0.4) is 0 Å². The van der Waals surface area contributed by atoms with Crippen molar-refractivity contribution in [3.8, 4) is 0 Å². The predicted molar refractivity (Wildman–Crippen MR) is 77.4 cm³/mol. The summed E-state index contributed by atoms with van der Waals surface area (Å²) in [4.78, 5) is 25.2. The number of alkyl halides is 3. The van der Waals surface area contributed by atoms with E-state index in [-0.39, 0.29) is 6.03 Å². The third kappa shape index (κ3) is 4.05. The van der Waals surface area contributed by atoms with Crippen LogP contribution in [-0.2, 0) is 11.0 Å². The summed E-state index contributed by atoms with van der Waals surface area (Å²) in [6.45, 7) is 0.484. The fraction of sp³-hybridized carbons (Fsp3) is 0.429. The van der Waals surface area contributed by atoms with Crippen LogP contribution >= 0.6 is 0 Å². The minimum Gasteiger partial charge on any atom is -0.341 e. The maximum absolute atomic E-state index is 12.5. The summed E-state index contributed by atoms with van der Waals surface area (Å²) in [5, 5.41) is 2.47. The van der Waals surface area contributed by atoms with Crippen molar-refractivity contribution in [3.63, 3.8) is 0 Å². The molecule has 1 atom stereocenters. The third-order valence-corrected chi connectivity index (χ3v) is 3.57. The van der Waals surface area contributed by atoms with Gasteiger partial charge >= 0.3 is 12.2 Å². The number of anilines is 1. The van der Waals surface area contributed by atoms with Crippen molar-refractivity contribution in [2.75, 3.05) is 19.0 Å². The molecular formula is C14H17F3N4O2. The molecule has 126 valence electrons. The van der Waals surface area contributed by atoms with Crippen LogP contribution in [-0.4, -0.2) is 36.5 Å². The fourth-order valence-electron chi connectivity index (χ4n) is 2.39. The highest BCUT2D eigenvalue weighted by Gasteiger charge is 2.33. The largest absolute Gasteiger partial charge is 0.416 e. The lowest BCUT2D eigenvalue weighted by Crippen LogP contribution is -2.49. The number of hydrogen-bond acceptors (Lipinski definition) is 3. The number of amides is 3. The summed E-state index contributed by atoms with van der Waals surface area (Å²) in [6.07, 6.45) is -3.15. The molecule has 1 aromatic carbocycles. The number of hydrogen-bond donors (Lipinski definition) is 3. The molecule has 3 N–H and O–H groups in total. The fourth-order valence-corrected chi connectivity index (χ4v) is 2.39. The topological polar surface area (TPSA) is 73.5 Å². The SMILES string of the molecule is CNC(=O)N1CCCC1C(=O)NNc1ccc(C(F)(F)F)cc1. The first kappa shape index (κ1) is 16.9. The Balaban J connectivity index is 1.92. The van der Waals surface area contributed by atoms with E-state index >= 15 is 0 Å². The molecule has 1 saturated heterocycles. The molecule has 1 fully saturated rings. The van der Waals surface area contributed by atoms with E-state index in [0.29, 0.717) is 25.1 Å². The Labute approximate surface area is 131 Å². The standard InChI is InChI=1S/C14H17F3N4O2/c1-18-13(23)21-8-2-3-11(21)12(22)20-19-10-6-4-9(5-7-10)14(15,16)17/h4-7,11,19H,2-3,8H2,1H3,(H,18,23)(H,20,22). The van der Waals surface area contributed by atoms with Crippen molar-refractivity contribution >= 4 is 17.6 Å². The van der Waals surface area contributed by atoms with E-state index in [1.807, 2.05) is 0 Å². The zero-order chi connectivity index (χ0) is 17.0. The van der Waals surface area contributed by atoms with Gasteiger partial charge in [-0.3, -0.25) is 15.6 Å². The number of hydrazine groups is 1. The molecule has 1 heterocycles. The quantitative estimate of drug-likeness (QED) is 0.742. The lowest BCUT2D eigenvalue weighted by molar-refractivity contribution is -0.137. The maximum atomic E-state index is 12.5. The second-order valence-electron chi connectivity index (χ2n) is 5.10. The minimum atomic E-state index is -4.40.